The molecule has 0 aromatic rings. The molecule has 0 spiro atoms. The molecule has 3 heteroatoms. The van der Waals surface area contributed by atoms with Gasteiger partial charge in [0.2, 0.25) is 0 Å². The monoisotopic (exact) mass is 199 g/mol. The summed E-state index contributed by atoms with van der Waals surface area (Å²) in [6.07, 6.45) is 1.60. The minimum Gasteiger partial charge on any atom is -0.463 e. The van der Waals surface area contributed by atoms with Gasteiger partial charge in [0.15, 0.2) is 0 Å². The molecule has 1 N–H and O–H groups in total. The summed E-state index contributed by atoms with van der Waals surface area (Å²) in [4.78, 5) is 11.4. The first-order valence-corrected chi connectivity index (χ1v) is 5.48. The van der Waals surface area contributed by atoms with Gasteiger partial charge in [-0.1, -0.05) is 13.8 Å². The maximum absolute atomic E-state index is 11.4. The van der Waals surface area contributed by atoms with Crippen LogP contribution in [0.2, 0.25) is 0 Å². The molecule has 0 amide bonds. The Balaban J connectivity index is 2.11. The summed E-state index contributed by atoms with van der Waals surface area (Å²) in [6.45, 7) is 8.18. The van der Waals surface area contributed by atoms with E-state index >= 15 is 0 Å². The first-order chi connectivity index (χ1) is 6.58. The molecular formula is C11H21NO2. The highest BCUT2D eigenvalue weighted by molar-refractivity contribution is 5.70. The molecule has 0 radical (unpaired) electrons. The van der Waals surface area contributed by atoms with Gasteiger partial charge in [0.1, 0.15) is 0 Å². The van der Waals surface area contributed by atoms with Crippen molar-refractivity contribution in [1.82, 2.24) is 5.32 Å². The van der Waals surface area contributed by atoms with Crippen molar-refractivity contribution in [2.45, 2.75) is 39.7 Å². The molecule has 14 heavy (non-hydrogen) atoms. The van der Waals surface area contributed by atoms with E-state index < -0.39 is 0 Å². The maximum atomic E-state index is 11.4. The molecule has 1 heterocycles. The van der Waals surface area contributed by atoms with Gasteiger partial charge >= 0.3 is 5.97 Å². The number of carbonyl (C=O) groups is 1. The Hall–Kier alpha value is -0.570. The van der Waals surface area contributed by atoms with Crippen LogP contribution in [0.25, 0.3) is 0 Å². The SMILES string of the molecule is CC(C)CC(C)OC(=O)CC1CNC1. The van der Waals surface area contributed by atoms with Crippen molar-refractivity contribution in [3.63, 3.8) is 0 Å². The van der Waals surface area contributed by atoms with Crippen molar-refractivity contribution in [2.75, 3.05) is 13.1 Å². The second kappa shape index (κ2) is 5.35. The van der Waals surface area contributed by atoms with Crippen LogP contribution in [0.15, 0.2) is 0 Å². The predicted octanol–water partition coefficient (Wildman–Crippen LogP) is 1.57. The van der Waals surface area contributed by atoms with Gasteiger partial charge in [0, 0.05) is 0 Å². The normalized spacial score (nSPS) is 19.1. The Morgan fingerprint density at radius 2 is 2.07 bits per heavy atom. The molecule has 1 atom stereocenters. The largest absolute Gasteiger partial charge is 0.463 e. The fourth-order valence-electron chi connectivity index (χ4n) is 1.71. The smallest absolute Gasteiger partial charge is 0.306 e. The van der Waals surface area contributed by atoms with Crippen molar-refractivity contribution < 1.29 is 9.53 Å². The molecular weight excluding hydrogens is 178 g/mol. The van der Waals surface area contributed by atoms with Crippen molar-refractivity contribution in [3.8, 4) is 0 Å². The van der Waals surface area contributed by atoms with Crippen molar-refractivity contribution in [1.29, 1.82) is 0 Å². The van der Waals surface area contributed by atoms with Gasteiger partial charge in [-0.25, -0.2) is 0 Å². The second-order valence-corrected chi connectivity index (χ2v) is 4.66. The standard InChI is InChI=1S/C11H21NO2/c1-8(2)4-9(3)14-11(13)5-10-6-12-7-10/h8-10,12H,4-7H2,1-3H3. The number of rotatable bonds is 5. The average Bonchev–Trinajstić information content (AvgIpc) is 1.94. The van der Waals surface area contributed by atoms with E-state index in [4.69, 9.17) is 4.74 Å². The molecule has 1 aliphatic heterocycles. The Morgan fingerprint density at radius 1 is 1.43 bits per heavy atom. The van der Waals surface area contributed by atoms with Gasteiger partial charge in [0.05, 0.1) is 12.5 Å². The highest BCUT2D eigenvalue weighted by Crippen LogP contribution is 2.12. The van der Waals surface area contributed by atoms with Crippen LogP contribution >= 0.6 is 0 Å². The van der Waals surface area contributed by atoms with Crippen LogP contribution in [0.4, 0.5) is 0 Å². The Labute approximate surface area is 86.2 Å². The van der Waals surface area contributed by atoms with Gasteiger partial charge in [-0.3, -0.25) is 4.79 Å². The second-order valence-electron chi connectivity index (χ2n) is 4.66. The molecule has 0 aromatic heterocycles. The van der Waals surface area contributed by atoms with Gasteiger partial charge in [0.25, 0.3) is 0 Å². The summed E-state index contributed by atoms with van der Waals surface area (Å²) in [6, 6.07) is 0. The van der Waals surface area contributed by atoms with E-state index in [-0.39, 0.29) is 12.1 Å². The number of hydrogen-bond acceptors (Lipinski definition) is 3. The van der Waals surface area contributed by atoms with Crippen LogP contribution in [-0.2, 0) is 9.53 Å². The lowest BCUT2D eigenvalue weighted by Gasteiger charge is -2.26. The summed E-state index contributed by atoms with van der Waals surface area (Å²) < 4.78 is 5.30. The quantitative estimate of drug-likeness (QED) is 0.683. The lowest BCUT2D eigenvalue weighted by atomic mass is 10.00. The summed E-state index contributed by atoms with van der Waals surface area (Å²) in [5, 5.41) is 3.14. The van der Waals surface area contributed by atoms with E-state index in [1.54, 1.807) is 0 Å². The zero-order valence-electron chi connectivity index (χ0n) is 9.38. The molecule has 82 valence electrons. The molecule has 1 fully saturated rings. The van der Waals surface area contributed by atoms with E-state index in [0.29, 0.717) is 18.3 Å². The third-order valence-corrected chi connectivity index (χ3v) is 2.46. The number of carbonyl (C=O) groups excluding carboxylic acids is 1. The van der Waals surface area contributed by atoms with Gasteiger partial charge in [-0.2, -0.15) is 0 Å². The van der Waals surface area contributed by atoms with E-state index in [1.807, 2.05) is 6.92 Å². The van der Waals surface area contributed by atoms with E-state index in [2.05, 4.69) is 19.2 Å². The summed E-state index contributed by atoms with van der Waals surface area (Å²) in [5.41, 5.74) is 0. The average molecular weight is 199 g/mol. The summed E-state index contributed by atoms with van der Waals surface area (Å²) >= 11 is 0. The zero-order valence-corrected chi connectivity index (χ0v) is 9.38. The third-order valence-electron chi connectivity index (χ3n) is 2.46. The lowest BCUT2D eigenvalue weighted by Crippen LogP contribution is -2.43. The Kier molecular flexibility index (Phi) is 4.39. The first-order valence-electron chi connectivity index (χ1n) is 5.48. The molecule has 1 saturated heterocycles. The summed E-state index contributed by atoms with van der Waals surface area (Å²) in [7, 11) is 0. The molecule has 1 rings (SSSR count). The lowest BCUT2D eigenvalue weighted by molar-refractivity contribution is -0.150. The highest BCUT2D eigenvalue weighted by Gasteiger charge is 2.22. The number of hydrogen-bond donors (Lipinski definition) is 1. The van der Waals surface area contributed by atoms with E-state index in [9.17, 15) is 4.79 Å². The van der Waals surface area contributed by atoms with Crippen LogP contribution in [0, 0.1) is 11.8 Å². The molecule has 0 aromatic carbocycles. The molecule has 0 bridgehead atoms. The zero-order chi connectivity index (χ0) is 10.6. The van der Waals surface area contributed by atoms with Crippen LogP contribution < -0.4 is 5.32 Å². The molecule has 0 aliphatic carbocycles. The first kappa shape index (κ1) is 11.5. The van der Waals surface area contributed by atoms with E-state index in [1.165, 1.54) is 0 Å². The molecule has 3 nitrogen and oxygen atoms in total. The fourth-order valence-corrected chi connectivity index (χ4v) is 1.71. The predicted molar refractivity (Wildman–Crippen MR) is 56.0 cm³/mol. The minimum absolute atomic E-state index is 0.0374. The van der Waals surface area contributed by atoms with Crippen molar-refractivity contribution in [3.05, 3.63) is 0 Å². The molecule has 1 aliphatic rings. The third kappa shape index (κ3) is 4.09. The maximum Gasteiger partial charge on any atom is 0.306 e. The highest BCUT2D eigenvalue weighted by atomic mass is 16.5. The fraction of sp³-hybridized carbons (Fsp3) is 0.909. The van der Waals surface area contributed by atoms with E-state index in [0.717, 1.165) is 19.5 Å². The van der Waals surface area contributed by atoms with Gasteiger partial charge in [-0.05, 0) is 38.3 Å². The topological polar surface area (TPSA) is 38.3 Å². The Morgan fingerprint density at radius 3 is 2.50 bits per heavy atom. The molecule has 0 saturated carbocycles. The molecule has 1 unspecified atom stereocenters. The van der Waals surface area contributed by atoms with Crippen LogP contribution in [-0.4, -0.2) is 25.2 Å². The van der Waals surface area contributed by atoms with Gasteiger partial charge < -0.3 is 10.1 Å². The summed E-state index contributed by atoms with van der Waals surface area (Å²) in [5.74, 6) is 1.06. The van der Waals surface area contributed by atoms with Crippen LogP contribution in [0.3, 0.4) is 0 Å². The van der Waals surface area contributed by atoms with Crippen LogP contribution in [0.1, 0.15) is 33.6 Å². The van der Waals surface area contributed by atoms with Crippen molar-refractivity contribution in [2.24, 2.45) is 11.8 Å². The van der Waals surface area contributed by atoms with Crippen molar-refractivity contribution >= 4 is 5.97 Å². The Bertz CT molecular complexity index is 188. The van der Waals surface area contributed by atoms with Crippen LogP contribution in [0.5, 0.6) is 0 Å². The number of nitrogens with one attached hydrogen (secondary N) is 1. The van der Waals surface area contributed by atoms with Gasteiger partial charge in [-0.15, -0.1) is 0 Å². The number of esters is 1. The number of ether oxygens (including phenoxy) is 1. The minimum atomic E-state index is -0.0374.